The number of benzene rings is 1. The van der Waals surface area contributed by atoms with Crippen molar-refractivity contribution in [2.45, 2.75) is 12.1 Å². The minimum absolute atomic E-state index is 0.0791. The second-order valence-electron chi connectivity index (χ2n) is 3.24. The molecule has 14 heavy (non-hydrogen) atoms. The molecule has 0 aliphatic carbocycles. The van der Waals surface area contributed by atoms with Crippen LogP contribution in [0, 0.1) is 12.3 Å². The second kappa shape index (κ2) is 2.86. The first-order chi connectivity index (χ1) is 6.67. The summed E-state index contributed by atoms with van der Waals surface area (Å²) in [5, 5.41) is 12.5. The van der Waals surface area contributed by atoms with Gasteiger partial charge in [-0.05, 0) is 6.07 Å². The summed E-state index contributed by atoms with van der Waals surface area (Å²) in [5.74, 6) is 2.07. The van der Waals surface area contributed by atoms with Crippen LogP contribution in [0.4, 0.5) is 0 Å². The smallest absolute Gasteiger partial charge is 0.254 e. The van der Waals surface area contributed by atoms with Crippen molar-refractivity contribution in [2.24, 2.45) is 0 Å². The van der Waals surface area contributed by atoms with Crippen LogP contribution in [-0.2, 0) is 5.72 Å². The predicted molar refractivity (Wildman–Crippen MR) is 51.3 cm³/mol. The quantitative estimate of drug-likeness (QED) is 0.632. The normalized spacial score (nSPS) is 23.9. The van der Waals surface area contributed by atoms with Gasteiger partial charge in [0.05, 0.1) is 6.42 Å². The van der Waals surface area contributed by atoms with E-state index >= 15 is 0 Å². The van der Waals surface area contributed by atoms with Gasteiger partial charge in [-0.3, -0.25) is 4.79 Å². The van der Waals surface area contributed by atoms with Gasteiger partial charge in [-0.1, -0.05) is 18.2 Å². The maximum Gasteiger partial charge on any atom is 0.254 e. The Morgan fingerprint density at radius 2 is 2.21 bits per heavy atom. The van der Waals surface area contributed by atoms with E-state index in [2.05, 4.69) is 11.2 Å². The van der Waals surface area contributed by atoms with E-state index in [1.54, 1.807) is 24.3 Å². The number of terminal acetylenes is 1. The minimum atomic E-state index is -1.39. The van der Waals surface area contributed by atoms with Crippen LogP contribution in [0.25, 0.3) is 0 Å². The molecular formula is C11H9NO2. The topological polar surface area (TPSA) is 49.3 Å². The third kappa shape index (κ3) is 1.09. The van der Waals surface area contributed by atoms with Gasteiger partial charge in [-0.15, -0.1) is 12.3 Å². The summed E-state index contributed by atoms with van der Waals surface area (Å²) < 4.78 is 0. The van der Waals surface area contributed by atoms with Gasteiger partial charge >= 0.3 is 0 Å². The number of hydrogen-bond donors (Lipinski definition) is 2. The molecule has 0 saturated heterocycles. The third-order valence-corrected chi connectivity index (χ3v) is 2.30. The van der Waals surface area contributed by atoms with Gasteiger partial charge in [0.25, 0.3) is 5.91 Å². The summed E-state index contributed by atoms with van der Waals surface area (Å²) in [6.07, 6.45) is 5.21. The van der Waals surface area contributed by atoms with Crippen molar-refractivity contribution in [3.05, 3.63) is 35.4 Å². The summed E-state index contributed by atoms with van der Waals surface area (Å²) in [7, 11) is 0. The summed E-state index contributed by atoms with van der Waals surface area (Å²) in [4.78, 5) is 11.4. The number of hydrogen-bond acceptors (Lipinski definition) is 2. The van der Waals surface area contributed by atoms with Gasteiger partial charge < -0.3 is 10.4 Å². The largest absolute Gasteiger partial charge is 0.366 e. The van der Waals surface area contributed by atoms with E-state index in [0.717, 1.165) is 0 Å². The standard InChI is InChI=1S/C11H9NO2/c1-2-7-11(14)9-6-4-3-5-8(9)10(13)12-11/h1,3-6,14H,7H2,(H,12,13). The van der Waals surface area contributed by atoms with Crippen molar-refractivity contribution in [1.29, 1.82) is 0 Å². The molecule has 0 fully saturated rings. The Kier molecular flexibility index (Phi) is 1.80. The van der Waals surface area contributed by atoms with Crippen LogP contribution in [0.15, 0.2) is 24.3 Å². The molecule has 1 atom stereocenters. The lowest BCUT2D eigenvalue weighted by molar-refractivity contribution is 0.0177. The zero-order chi connectivity index (χ0) is 10.2. The van der Waals surface area contributed by atoms with Gasteiger partial charge in [0.15, 0.2) is 5.72 Å². The van der Waals surface area contributed by atoms with Gasteiger partial charge in [0.2, 0.25) is 0 Å². The Bertz CT molecular complexity index is 433. The molecule has 3 nitrogen and oxygen atoms in total. The SMILES string of the molecule is C#CCC1(O)NC(=O)c2ccccc21. The van der Waals surface area contributed by atoms with Crippen LogP contribution < -0.4 is 5.32 Å². The monoisotopic (exact) mass is 187 g/mol. The number of nitrogens with one attached hydrogen (secondary N) is 1. The Balaban J connectivity index is 2.55. The number of carbonyl (C=O) groups excluding carboxylic acids is 1. The predicted octanol–water partition coefficient (Wildman–Crippen LogP) is 0.598. The van der Waals surface area contributed by atoms with Gasteiger partial charge in [0.1, 0.15) is 0 Å². The Labute approximate surface area is 81.8 Å². The number of amides is 1. The molecule has 1 heterocycles. The average molecular weight is 187 g/mol. The molecule has 1 aliphatic rings. The lowest BCUT2D eigenvalue weighted by Crippen LogP contribution is -2.38. The van der Waals surface area contributed by atoms with Gasteiger partial charge in [-0.25, -0.2) is 0 Å². The Morgan fingerprint density at radius 1 is 1.50 bits per heavy atom. The highest BCUT2D eigenvalue weighted by molar-refractivity contribution is 5.99. The molecule has 1 unspecified atom stereocenters. The molecule has 1 aromatic rings. The number of carbonyl (C=O) groups is 1. The molecule has 1 amide bonds. The van der Waals surface area contributed by atoms with Crippen molar-refractivity contribution in [3.63, 3.8) is 0 Å². The van der Waals surface area contributed by atoms with Crippen molar-refractivity contribution in [1.82, 2.24) is 5.32 Å². The highest BCUT2D eigenvalue weighted by Crippen LogP contribution is 2.30. The maximum atomic E-state index is 11.4. The fourth-order valence-electron chi connectivity index (χ4n) is 1.65. The highest BCUT2D eigenvalue weighted by Gasteiger charge is 2.40. The fraction of sp³-hybridized carbons (Fsp3) is 0.182. The highest BCUT2D eigenvalue weighted by atomic mass is 16.3. The Hall–Kier alpha value is -1.79. The van der Waals surface area contributed by atoms with Crippen LogP contribution in [0.5, 0.6) is 0 Å². The first kappa shape index (κ1) is 8.79. The van der Waals surface area contributed by atoms with Crippen molar-refractivity contribution >= 4 is 5.91 Å². The molecule has 0 aromatic heterocycles. The minimum Gasteiger partial charge on any atom is -0.366 e. The molecule has 3 heteroatoms. The summed E-state index contributed by atoms with van der Waals surface area (Å²) >= 11 is 0. The van der Waals surface area contributed by atoms with Crippen LogP contribution in [0.1, 0.15) is 22.3 Å². The van der Waals surface area contributed by atoms with E-state index in [0.29, 0.717) is 11.1 Å². The molecule has 70 valence electrons. The first-order valence-corrected chi connectivity index (χ1v) is 4.25. The molecule has 2 N–H and O–H groups in total. The molecule has 1 aliphatic heterocycles. The van der Waals surface area contributed by atoms with Gasteiger partial charge in [-0.2, -0.15) is 0 Å². The molecular weight excluding hydrogens is 178 g/mol. The number of fused-ring (bicyclic) bond motifs is 1. The van der Waals surface area contributed by atoms with Crippen LogP contribution in [0.2, 0.25) is 0 Å². The zero-order valence-electron chi connectivity index (χ0n) is 7.45. The van der Waals surface area contributed by atoms with E-state index in [4.69, 9.17) is 6.42 Å². The molecule has 0 radical (unpaired) electrons. The lowest BCUT2D eigenvalue weighted by Gasteiger charge is -2.20. The van der Waals surface area contributed by atoms with E-state index in [1.807, 2.05) is 0 Å². The Morgan fingerprint density at radius 3 is 2.93 bits per heavy atom. The lowest BCUT2D eigenvalue weighted by atomic mass is 9.99. The van der Waals surface area contributed by atoms with Crippen LogP contribution in [0.3, 0.4) is 0 Å². The molecule has 0 bridgehead atoms. The van der Waals surface area contributed by atoms with Crippen LogP contribution in [-0.4, -0.2) is 11.0 Å². The average Bonchev–Trinajstić information content (AvgIpc) is 2.41. The second-order valence-corrected chi connectivity index (χ2v) is 3.24. The van der Waals surface area contributed by atoms with E-state index < -0.39 is 5.72 Å². The van der Waals surface area contributed by atoms with Gasteiger partial charge in [0, 0.05) is 11.1 Å². The zero-order valence-corrected chi connectivity index (χ0v) is 7.45. The van der Waals surface area contributed by atoms with E-state index in [-0.39, 0.29) is 12.3 Å². The van der Waals surface area contributed by atoms with E-state index in [1.165, 1.54) is 0 Å². The molecule has 2 rings (SSSR count). The number of aliphatic hydroxyl groups is 1. The summed E-state index contributed by atoms with van der Waals surface area (Å²) in [5.41, 5.74) is -0.337. The molecule has 0 saturated carbocycles. The fourth-order valence-corrected chi connectivity index (χ4v) is 1.65. The first-order valence-electron chi connectivity index (χ1n) is 4.25. The van der Waals surface area contributed by atoms with Crippen LogP contribution >= 0.6 is 0 Å². The van der Waals surface area contributed by atoms with Crippen molar-refractivity contribution in [3.8, 4) is 12.3 Å². The summed E-state index contributed by atoms with van der Waals surface area (Å²) in [6.45, 7) is 0. The van der Waals surface area contributed by atoms with E-state index in [9.17, 15) is 9.90 Å². The maximum absolute atomic E-state index is 11.4. The number of rotatable bonds is 1. The summed E-state index contributed by atoms with van der Waals surface area (Å²) in [6, 6.07) is 6.88. The van der Waals surface area contributed by atoms with Crippen molar-refractivity contribution < 1.29 is 9.90 Å². The third-order valence-electron chi connectivity index (χ3n) is 2.30. The van der Waals surface area contributed by atoms with Crippen molar-refractivity contribution in [2.75, 3.05) is 0 Å². The molecule has 1 aromatic carbocycles. The molecule has 0 spiro atoms.